The van der Waals surface area contributed by atoms with E-state index in [0.717, 1.165) is 12.8 Å². The van der Waals surface area contributed by atoms with E-state index in [1.165, 1.54) is 19.3 Å². The summed E-state index contributed by atoms with van der Waals surface area (Å²) in [6.07, 6.45) is 9.70. The van der Waals surface area contributed by atoms with Crippen LogP contribution in [0, 0.1) is 5.92 Å². The van der Waals surface area contributed by atoms with E-state index in [1.54, 1.807) is 13.8 Å². The van der Waals surface area contributed by atoms with Gasteiger partial charge in [-0.2, -0.15) is 0 Å². The lowest BCUT2D eigenvalue weighted by atomic mass is 9.85. The third-order valence-electron chi connectivity index (χ3n) is 3.32. The van der Waals surface area contributed by atoms with E-state index in [0.29, 0.717) is 19.1 Å². The van der Waals surface area contributed by atoms with E-state index in [1.807, 2.05) is 19.1 Å². The maximum atomic E-state index is 12.4. The van der Waals surface area contributed by atoms with E-state index >= 15 is 0 Å². The zero-order valence-corrected chi connectivity index (χ0v) is 13.2. The van der Waals surface area contributed by atoms with Crippen molar-refractivity contribution in [3.05, 3.63) is 12.2 Å². The number of phosphoric acid groups is 1. The predicted molar refractivity (Wildman–Crippen MR) is 77.1 cm³/mol. The van der Waals surface area contributed by atoms with Gasteiger partial charge in [-0.3, -0.25) is 13.6 Å². The van der Waals surface area contributed by atoms with Crippen LogP contribution in [0.15, 0.2) is 12.2 Å². The number of phosphoric ester groups is 1. The highest BCUT2D eigenvalue weighted by Gasteiger charge is 2.33. The third-order valence-corrected chi connectivity index (χ3v) is 4.97. The van der Waals surface area contributed by atoms with Crippen molar-refractivity contribution in [2.75, 3.05) is 13.2 Å². The molecule has 0 bridgehead atoms. The van der Waals surface area contributed by atoms with E-state index in [9.17, 15) is 4.57 Å². The lowest BCUT2D eigenvalue weighted by Crippen LogP contribution is -2.24. The molecule has 0 aromatic carbocycles. The van der Waals surface area contributed by atoms with Crippen molar-refractivity contribution in [3.8, 4) is 0 Å². The summed E-state index contributed by atoms with van der Waals surface area (Å²) < 4.78 is 28.6. The first kappa shape index (κ1) is 16.9. The Morgan fingerprint density at radius 3 is 2.21 bits per heavy atom. The van der Waals surface area contributed by atoms with Gasteiger partial charge in [0.15, 0.2) is 0 Å². The minimum Gasteiger partial charge on any atom is -0.287 e. The first-order valence-corrected chi connectivity index (χ1v) is 8.81. The quantitative estimate of drug-likeness (QED) is 0.479. The molecule has 112 valence electrons. The van der Waals surface area contributed by atoms with Crippen LogP contribution in [0.2, 0.25) is 0 Å². The minimum atomic E-state index is -3.42. The Hall–Kier alpha value is -0.150. The van der Waals surface area contributed by atoms with Crippen LogP contribution in [-0.2, 0) is 18.1 Å². The Bertz CT molecular complexity index is 301. The highest BCUT2D eigenvalue weighted by atomic mass is 31.2. The first-order valence-electron chi connectivity index (χ1n) is 7.35. The fourth-order valence-electron chi connectivity index (χ4n) is 2.49. The molecule has 0 N–H and O–H groups in total. The Labute approximate surface area is 117 Å². The largest absolute Gasteiger partial charge is 0.475 e. The van der Waals surface area contributed by atoms with E-state index < -0.39 is 7.82 Å². The third kappa shape index (κ3) is 5.78. The zero-order chi connectivity index (χ0) is 14.1. The van der Waals surface area contributed by atoms with Crippen LogP contribution >= 0.6 is 7.82 Å². The summed E-state index contributed by atoms with van der Waals surface area (Å²) in [5.74, 6) is 0.416. The summed E-state index contributed by atoms with van der Waals surface area (Å²) in [7, 11) is -3.42. The predicted octanol–water partition coefficient (Wildman–Crippen LogP) is 4.71. The van der Waals surface area contributed by atoms with Crippen molar-refractivity contribution in [3.63, 3.8) is 0 Å². The monoisotopic (exact) mass is 290 g/mol. The number of allylic oxidation sites excluding steroid dienone is 1. The average molecular weight is 290 g/mol. The van der Waals surface area contributed by atoms with Crippen molar-refractivity contribution in [1.82, 2.24) is 0 Å². The molecule has 0 spiro atoms. The number of hydrogen-bond acceptors (Lipinski definition) is 4. The average Bonchev–Trinajstić information content (AvgIpc) is 2.40. The summed E-state index contributed by atoms with van der Waals surface area (Å²) in [4.78, 5) is 0. The summed E-state index contributed by atoms with van der Waals surface area (Å²) in [5, 5.41) is 0. The molecule has 0 heterocycles. The fraction of sp³-hybridized carbons (Fsp3) is 0.857. The topological polar surface area (TPSA) is 44.8 Å². The van der Waals surface area contributed by atoms with Crippen molar-refractivity contribution < 1.29 is 18.1 Å². The van der Waals surface area contributed by atoms with E-state index in [4.69, 9.17) is 13.6 Å². The Morgan fingerprint density at radius 2 is 1.74 bits per heavy atom. The molecule has 5 heteroatoms. The molecule has 0 saturated heterocycles. The van der Waals surface area contributed by atoms with Crippen LogP contribution < -0.4 is 0 Å². The van der Waals surface area contributed by atoms with Gasteiger partial charge in [0.1, 0.15) is 0 Å². The lowest BCUT2D eigenvalue weighted by Gasteiger charge is -2.30. The molecule has 0 aliphatic heterocycles. The molecular formula is C14H27O4P. The second-order valence-corrected chi connectivity index (χ2v) is 6.40. The van der Waals surface area contributed by atoms with Crippen molar-refractivity contribution in [2.24, 2.45) is 5.92 Å². The van der Waals surface area contributed by atoms with Crippen LogP contribution in [0.5, 0.6) is 0 Å². The molecule has 0 aromatic rings. The maximum absolute atomic E-state index is 12.4. The molecule has 1 fully saturated rings. The highest BCUT2D eigenvalue weighted by molar-refractivity contribution is 7.48. The highest BCUT2D eigenvalue weighted by Crippen LogP contribution is 2.52. The van der Waals surface area contributed by atoms with Crippen molar-refractivity contribution >= 4 is 7.82 Å². The number of hydrogen-bond donors (Lipinski definition) is 0. The summed E-state index contributed by atoms with van der Waals surface area (Å²) >= 11 is 0. The van der Waals surface area contributed by atoms with Gasteiger partial charge in [0, 0.05) is 0 Å². The molecule has 0 unspecified atom stereocenters. The lowest BCUT2D eigenvalue weighted by molar-refractivity contribution is 0.0670. The molecule has 0 aromatic heterocycles. The second kappa shape index (κ2) is 8.91. The summed E-state index contributed by atoms with van der Waals surface area (Å²) in [6.45, 7) is 6.18. The molecule has 19 heavy (non-hydrogen) atoms. The van der Waals surface area contributed by atoms with Crippen molar-refractivity contribution in [2.45, 2.75) is 59.0 Å². The van der Waals surface area contributed by atoms with Gasteiger partial charge in [-0.1, -0.05) is 31.4 Å². The van der Waals surface area contributed by atoms with Gasteiger partial charge >= 0.3 is 7.82 Å². The zero-order valence-electron chi connectivity index (χ0n) is 12.3. The molecule has 1 aliphatic rings. The SMILES string of the molecule is C/C=C/[C@H](OP(=O)(OCC)OCC)C1CCCCC1. The van der Waals surface area contributed by atoms with Crippen molar-refractivity contribution in [1.29, 1.82) is 0 Å². The second-order valence-electron chi connectivity index (χ2n) is 4.78. The normalized spacial score (nSPS) is 19.9. The maximum Gasteiger partial charge on any atom is 0.475 e. The molecular weight excluding hydrogens is 263 g/mol. The first-order chi connectivity index (χ1) is 9.15. The van der Waals surface area contributed by atoms with Gasteiger partial charge in [-0.05, 0) is 39.5 Å². The van der Waals surface area contributed by atoms with Crippen LogP contribution in [0.25, 0.3) is 0 Å². The standard InChI is InChI=1S/C14H27O4P/c1-4-10-14(13-11-8-7-9-12-13)18-19(15,16-5-2)17-6-3/h4,10,13-14H,5-9,11-12H2,1-3H3/b10-4+/t14-/m0/s1. The Kier molecular flexibility index (Phi) is 7.93. The van der Waals surface area contributed by atoms with Gasteiger partial charge in [0.2, 0.25) is 0 Å². The van der Waals surface area contributed by atoms with E-state index in [2.05, 4.69) is 0 Å². The van der Waals surface area contributed by atoms with Gasteiger partial charge in [0.05, 0.1) is 19.3 Å². The van der Waals surface area contributed by atoms with Gasteiger partial charge in [-0.25, -0.2) is 4.57 Å². The van der Waals surface area contributed by atoms with Gasteiger partial charge in [0.25, 0.3) is 0 Å². The van der Waals surface area contributed by atoms with Crippen LogP contribution in [0.4, 0.5) is 0 Å². The van der Waals surface area contributed by atoms with Crippen LogP contribution in [0.1, 0.15) is 52.9 Å². The van der Waals surface area contributed by atoms with E-state index in [-0.39, 0.29) is 6.10 Å². The van der Waals surface area contributed by atoms with Crippen LogP contribution in [0.3, 0.4) is 0 Å². The minimum absolute atomic E-state index is 0.172. The smallest absolute Gasteiger partial charge is 0.287 e. The fourth-order valence-corrected chi connectivity index (χ4v) is 3.86. The van der Waals surface area contributed by atoms with Gasteiger partial charge < -0.3 is 0 Å². The molecule has 0 radical (unpaired) electrons. The molecule has 0 amide bonds. The molecule has 1 rings (SSSR count). The Morgan fingerprint density at radius 1 is 1.16 bits per heavy atom. The Balaban J connectivity index is 2.71. The summed E-state index contributed by atoms with van der Waals surface area (Å²) in [6, 6.07) is 0. The molecule has 1 aliphatic carbocycles. The number of rotatable bonds is 8. The molecule has 1 saturated carbocycles. The molecule has 4 nitrogen and oxygen atoms in total. The van der Waals surface area contributed by atoms with Crippen LogP contribution in [-0.4, -0.2) is 19.3 Å². The molecule has 1 atom stereocenters. The summed E-state index contributed by atoms with van der Waals surface area (Å²) in [5.41, 5.74) is 0. The van der Waals surface area contributed by atoms with Gasteiger partial charge in [-0.15, -0.1) is 0 Å².